The molecular weight excluding hydrogens is 188 g/mol. The summed E-state index contributed by atoms with van der Waals surface area (Å²) in [5.74, 6) is -1.18. The highest BCUT2D eigenvalue weighted by Crippen LogP contribution is 2.18. The van der Waals surface area contributed by atoms with Gasteiger partial charge < -0.3 is 5.11 Å². The van der Waals surface area contributed by atoms with E-state index in [-0.39, 0.29) is 5.92 Å². The summed E-state index contributed by atoms with van der Waals surface area (Å²) in [6.45, 7) is 1.67. The topological polar surface area (TPSA) is 37.3 Å². The molecule has 3 heteroatoms. The lowest BCUT2D eigenvalue weighted by atomic mass is 10.0. The number of benzene rings is 1. The monoisotopic (exact) mass is 198 g/mol. The molecule has 1 atom stereocenters. The van der Waals surface area contributed by atoms with Crippen molar-refractivity contribution >= 4 is 17.6 Å². The molecule has 0 saturated carbocycles. The third-order valence-electron chi connectivity index (χ3n) is 1.91. The molecule has 0 bridgehead atoms. The Labute approximate surface area is 82.2 Å². The van der Waals surface area contributed by atoms with Gasteiger partial charge in [0, 0.05) is 5.02 Å². The average Bonchev–Trinajstić information content (AvgIpc) is 2.08. The van der Waals surface area contributed by atoms with Crippen molar-refractivity contribution in [2.24, 2.45) is 5.92 Å². The summed E-state index contributed by atoms with van der Waals surface area (Å²) in [5.41, 5.74) is 0.888. The molecule has 0 aliphatic rings. The molecule has 0 aliphatic heterocycles. The van der Waals surface area contributed by atoms with E-state index in [1.807, 2.05) is 18.2 Å². The average molecular weight is 199 g/mol. The van der Waals surface area contributed by atoms with E-state index < -0.39 is 5.97 Å². The Balaban J connectivity index is 2.74. The number of hydrogen-bond donors (Lipinski definition) is 1. The summed E-state index contributed by atoms with van der Waals surface area (Å²) in [5, 5.41) is 9.33. The summed E-state index contributed by atoms with van der Waals surface area (Å²) in [4.78, 5) is 10.6. The van der Waals surface area contributed by atoms with Crippen LogP contribution < -0.4 is 0 Å². The Hall–Kier alpha value is -1.02. The zero-order chi connectivity index (χ0) is 9.84. The van der Waals surface area contributed by atoms with Gasteiger partial charge in [0.2, 0.25) is 0 Å². The van der Waals surface area contributed by atoms with E-state index in [0.717, 1.165) is 5.56 Å². The number of halogens is 1. The van der Waals surface area contributed by atoms with Gasteiger partial charge in [-0.05, 0) is 18.1 Å². The van der Waals surface area contributed by atoms with E-state index >= 15 is 0 Å². The third-order valence-corrected chi connectivity index (χ3v) is 2.27. The van der Waals surface area contributed by atoms with E-state index in [4.69, 9.17) is 16.7 Å². The van der Waals surface area contributed by atoms with Crippen LogP contribution in [-0.4, -0.2) is 11.1 Å². The van der Waals surface area contributed by atoms with E-state index in [0.29, 0.717) is 11.4 Å². The number of carboxylic acid groups (broad SMARTS) is 1. The molecule has 0 unspecified atom stereocenters. The van der Waals surface area contributed by atoms with Crippen molar-refractivity contribution in [2.75, 3.05) is 0 Å². The summed E-state index contributed by atoms with van der Waals surface area (Å²) >= 11 is 5.88. The molecule has 0 aliphatic carbocycles. The SMILES string of the molecule is C[C@@H](Cc1ccccc1Cl)C(=O)O. The van der Waals surface area contributed by atoms with E-state index in [2.05, 4.69) is 0 Å². The molecule has 0 radical (unpaired) electrons. The zero-order valence-electron chi connectivity index (χ0n) is 7.33. The van der Waals surface area contributed by atoms with Crippen LogP contribution in [-0.2, 0) is 11.2 Å². The first-order valence-electron chi connectivity index (χ1n) is 4.07. The first kappa shape index (κ1) is 10.1. The molecule has 0 fully saturated rings. The van der Waals surface area contributed by atoms with Gasteiger partial charge >= 0.3 is 5.97 Å². The normalized spacial score (nSPS) is 12.5. The number of aliphatic carboxylic acids is 1. The molecule has 0 amide bonds. The number of hydrogen-bond acceptors (Lipinski definition) is 1. The molecule has 0 spiro atoms. The van der Waals surface area contributed by atoms with Gasteiger partial charge in [-0.3, -0.25) is 4.79 Å². The second kappa shape index (κ2) is 4.28. The minimum Gasteiger partial charge on any atom is -0.481 e. The highest BCUT2D eigenvalue weighted by Gasteiger charge is 2.12. The minimum absolute atomic E-state index is 0.389. The maximum atomic E-state index is 10.6. The second-order valence-electron chi connectivity index (χ2n) is 3.03. The van der Waals surface area contributed by atoms with Crippen molar-refractivity contribution in [2.45, 2.75) is 13.3 Å². The van der Waals surface area contributed by atoms with Gasteiger partial charge in [0.1, 0.15) is 0 Å². The van der Waals surface area contributed by atoms with Crippen molar-refractivity contribution in [3.63, 3.8) is 0 Å². The van der Waals surface area contributed by atoms with Gasteiger partial charge in [0.15, 0.2) is 0 Å². The Morgan fingerprint density at radius 1 is 1.54 bits per heavy atom. The van der Waals surface area contributed by atoms with Gasteiger partial charge in [-0.25, -0.2) is 0 Å². The van der Waals surface area contributed by atoms with Crippen molar-refractivity contribution in [3.8, 4) is 0 Å². The van der Waals surface area contributed by atoms with Crippen LogP contribution in [0.2, 0.25) is 5.02 Å². The van der Waals surface area contributed by atoms with Gasteiger partial charge in [-0.1, -0.05) is 36.7 Å². The highest BCUT2D eigenvalue weighted by molar-refractivity contribution is 6.31. The van der Waals surface area contributed by atoms with Crippen molar-refractivity contribution in [3.05, 3.63) is 34.9 Å². The van der Waals surface area contributed by atoms with Crippen LogP contribution in [0.25, 0.3) is 0 Å². The van der Waals surface area contributed by atoms with E-state index in [1.54, 1.807) is 13.0 Å². The first-order chi connectivity index (χ1) is 6.11. The van der Waals surface area contributed by atoms with Crippen molar-refractivity contribution in [1.82, 2.24) is 0 Å². The standard InChI is InChI=1S/C10H11ClO2/c1-7(10(12)13)6-8-4-2-3-5-9(8)11/h2-5,7H,6H2,1H3,(H,12,13)/t7-/m0/s1. The zero-order valence-corrected chi connectivity index (χ0v) is 8.08. The quantitative estimate of drug-likeness (QED) is 0.811. The summed E-state index contributed by atoms with van der Waals surface area (Å²) < 4.78 is 0. The Kier molecular flexibility index (Phi) is 3.32. The Bertz CT molecular complexity index is 310. The first-order valence-corrected chi connectivity index (χ1v) is 4.45. The van der Waals surface area contributed by atoms with E-state index in [1.165, 1.54) is 0 Å². The molecule has 13 heavy (non-hydrogen) atoms. The fourth-order valence-electron chi connectivity index (χ4n) is 1.08. The molecule has 1 N–H and O–H groups in total. The van der Waals surface area contributed by atoms with Gasteiger partial charge in [0.25, 0.3) is 0 Å². The Morgan fingerprint density at radius 2 is 2.15 bits per heavy atom. The molecule has 2 nitrogen and oxygen atoms in total. The number of rotatable bonds is 3. The number of carbonyl (C=O) groups is 1. The molecular formula is C10H11ClO2. The number of carboxylic acids is 1. The van der Waals surface area contributed by atoms with Crippen LogP contribution in [0.15, 0.2) is 24.3 Å². The van der Waals surface area contributed by atoms with Crippen LogP contribution >= 0.6 is 11.6 Å². The van der Waals surface area contributed by atoms with Crippen LogP contribution in [0.5, 0.6) is 0 Å². The second-order valence-corrected chi connectivity index (χ2v) is 3.44. The minimum atomic E-state index is -0.792. The highest BCUT2D eigenvalue weighted by atomic mass is 35.5. The molecule has 1 aromatic carbocycles. The van der Waals surface area contributed by atoms with Gasteiger partial charge in [0.05, 0.1) is 5.92 Å². The largest absolute Gasteiger partial charge is 0.481 e. The van der Waals surface area contributed by atoms with Gasteiger partial charge in [-0.15, -0.1) is 0 Å². The summed E-state index contributed by atoms with van der Waals surface area (Å²) in [6, 6.07) is 7.31. The fourth-order valence-corrected chi connectivity index (χ4v) is 1.29. The molecule has 0 aromatic heterocycles. The van der Waals surface area contributed by atoms with Crippen LogP contribution in [0, 0.1) is 5.92 Å². The van der Waals surface area contributed by atoms with Crippen LogP contribution in [0.1, 0.15) is 12.5 Å². The van der Waals surface area contributed by atoms with Crippen molar-refractivity contribution < 1.29 is 9.90 Å². The summed E-state index contributed by atoms with van der Waals surface area (Å²) in [7, 11) is 0. The predicted molar refractivity (Wildman–Crippen MR) is 52.0 cm³/mol. The lowest BCUT2D eigenvalue weighted by molar-refractivity contribution is -0.141. The lowest BCUT2D eigenvalue weighted by Crippen LogP contribution is -2.12. The van der Waals surface area contributed by atoms with E-state index in [9.17, 15) is 4.79 Å². The predicted octanol–water partition coefficient (Wildman–Crippen LogP) is 2.60. The Morgan fingerprint density at radius 3 is 2.69 bits per heavy atom. The summed E-state index contributed by atoms with van der Waals surface area (Å²) in [6.07, 6.45) is 0.481. The van der Waals surface area contributed by atoms with Gasteiger partial charge in [-0.2, -0.15) is 0 Å². The fraction of sp³-hybridized carbons (Fsp3) is 0.300. The van der Waals surface area contributed by atoms with Crippen LogP contribution in [0.3, 0.4) is 0 Å². The molecule has 1 rings (SSSR count). The van der Waals surface area contributed by atoms with Crippen LogP contribution in [0.4, 0.5) is 0 Å². The van der Waals surface area contributed by atoms with Crippen molar-refractivity contribution in [1.29, 1.82) is 0 Å². The third kappa shape index (κ3) is 2.74. The maximum Gasteiger partial charge on any atom is 0.306 e. The smallest absolute Gasteiger partial charge is 0.306 e. The molecule has 0 heterocycles. The maximum absolute atomic E-state index is 10.6. The molecule has 70 valence electrons. The lowest BCUT2D eigenvalue weighted by Gasteiger charge is -2.07. The molecule has 0 saturated heterocycles. The molecule has 1 aromatic rings.